The molecule has 0 aliphatic heterocycles. The maximum absolute atomic E-state index is 13.3. The van der Waals surface area contributed by atoms with Crippen molar-refractivity contribution in [2.75, 3.05) is 11.8 Å². The molecule has 0 saturated carbocycles. The van der Waals surface area contributed by atoms with Crippen molar-refractivity contribution in [3.63, 3.8) is 0 Å². The second-order valence-electron chi connectivity index (χ2n) is 7.77. The van der Waals surface area contributed by atoms with Gasteiger partial charge < -0.3 is 9.26 Å². The average molecular weight is 519 g/mol. The fourth-order valence-corrected chi connectivity index (χ4v) is 4.72. The Morgan fingerprint density at radius 3 is 2.51 bits per heavy atom. The van der Waals surface area contributed by atoms with E-state index in [1.165, 1.54) is 25.7 Å². The van der Waals surface area contributed by atoms with Gasteiger partial charge in [-0.05, 0) is 19.9 Å². The highest BCUT2D eigenvalue weighted by Crippen LogP contribution is 2.30. The summed E-state index contributed by atoms with van der Waals surface area (Å²) in [5.41, 5.74) is 0.435. The largest absolute Gasteiger partial charge is 0.481 e. The predicted molar refractivity (Wildman–Crippen MR) is 128 cm³/mol. The lowest BCUT2D eigenvalue weighted by Crippen LogP contribution is -2.32. The lowest BCUT2D eigenvalue weighted by atomic mass is 10.1. The second-order valence-corrected chi connectivity index (χ2v) is 10.2. The molecule has 0 aromatic carbocycles. The number of ether oxygens (including phenoxy) is 1. The van der Waals surface area contributed by atoms with Crippen molar-refractivity contribution in [2.24, 2.45) is 0 Å². The van der Waals surface area contributed by atoms with E-state index < -0.39 is 27.2 Å². The fourth-order valence-electron chi connectivity index (χ4n) is 3.38. The molecule has 12 nitrogen and oxygen atoms in total. The number of hydrogen-bond donors (Lipinski definition) is 1. The van der Waals surface area contributed by atoms with Crippen molar-refractivity contribution < 1.29 is 17.7 Å². The fraction of sp³-hybridized carbons (Fsp3) is 0.333. The number of sulfonamides is 1. The van der Waals surface area contributed by atoms with E-state index in [1.54, 1.807) is 49.6 Å². The third kappa shape index (κ3) is 5.10. The normalized spacial score (nSPS) is 14.3. The number of rotatable bonds is 9. The first-order valence-electron chi connectivity index (χ1n) is 10.6. The number of nitrogens with one attached hydrogen (secondary N) is 1. The molecule has 14 heteroatoms. The molecular weight excluding hydrogens is 496 g/mol. The van der Waals surface area contributed by atoms with Crippen molar-refractivity contribution in [2.45, 2.75) is 38.0 Å². The van der Waals surface area contributed by atoms with Gasteiger partial charge >= 0.3 is 0 Å². The topological polar surface area (TPSA) is 151 Å². The molecule has 0 spiro atoms. The molecule has 3 unspecified atom stereocenters. The minimum atomic E-state index is -3.96. The van der Waals surface area contributed by atoms with Crippen LogP contribution >= 0.6 is 11.6 Å². The van der Waals surface area contributed by atoms with Crippen molar-refractivity contribution in [3.05, 3.63) is 59.5 Å². The van der Waals surface area contributed by atoms with Crippen LogP contribution in [-0.4, -0.2) is 55.7 Å². The van der Waals surface area contributed by atoms with E-state index in [0.29, 0.717) is 34.0 Å². The highest BCUT2D eigenvalue weighted by atomic mass is 35.5. The Morgan fingerprint density at radius 2 is 1.86 bits per heavy atom. The third-order valence-electron chi connectivity index (χ3n) is 5.59. The van der Waals surface area contributed by atoms with Crippen LogP contribution in [-0.2, 0) is 10.0 Å². The molecule has 184 valence electrons. The molecule has 4 heterocycles. The Morgan fingerprint density at radius 1 is 1.11 bits per heavy atom. The summed E-state index contributed by atoms with van der Waals surface area (Å²) in [6.45, 7) is 5.09. The van der Waals surface area contributed by atoms with Crippen LogP contribution in [0.25, 0.3) is 11.5 Å². The average Bonchev–Trinajstić information content (AvgIpc) is 3.53. The third-order valence-corrected chi connectivity index (χ3v) is 7.64. The summed E-state index contributed by atoms with van der Waals surface area (Å²) in [5, 5.41) is 11.5. The summed E-state index contributed by atoms with van der Waals surface area (Å²) in [7, 11) is -2.45. The molecule has 3 atom stereocenters. The van der Waals surface area contributed by atoms with E-state index in [0.717, 1.165) is 0 Å². The Bertz CT molecular complexity index is 1390. The number of hydrogen-bond acceptors (Lipinski definition) is 10. The van der Waals surface area contributed by atoms with Gasteiger partial charge in [-0.2, -0.15) is 0 Å². The first kappa shape index (κ1) is 24.5. The summed E-state index contributed by atoms with van der Waals surface area (Å²) < 4.78 is 41.4. The Kier molecular flexibility index (Phi) is 6.98. The number of aromatic nitrogens is 7. The molecule has 0 aliphatic rings. The van der Waals surface area contributed by atoms with Crippen LogP contribution in [0, 0.1) is 0 Å². The van der Waals surface area contributed by atoms with Gasteiger partial charge in [-0.15, -0.1) is 10.2 Å². The lowest BCUT2D eigenvalue weighted by Gasteiger charge is -2.21. The highest BCUT2D eigenvalue weighted by molar-refractivity contribution is 7.93. The number of methoxy groups -OCH3 is 1. The quantitative estimate of drug-likeness (QED) is 0.349. The standard InChI is InChI=1S/C21H23ClN8O4S/c1-12(19-23-10-15(22)11-24-19)14(3)35(31,32)29-21-28-27-20(16-6-5-7-18(26-16)33-4)30(21)13(2)17-8-9-25-34-17/h5-14H,1-4H3,(H,28,29). The number of pyridine rings is 1. The number of nitrogens with zero attached hydrogens (tertiary/aromatic N) is 7. The van der Waals surface area contributed by atoms with Crippen molar-refractivity contribution in [1.29, 1.82) is 0 Å². The highest BCUT2D eigenvalue weighted by Gasteiger charge is 2.32. The zero-order valence-corrected chi connectivity index (χ0v) is 20.9. The van der Waals surface area contributed by atoms with Crippen LogP contribution in [0.2, 0.25) is 5.02 Å². The molecule has 1 N–H and O–H groups in total. The van der Waals surface area contributed by atoms with Gasteiger partial charge in [-0.25, -0.2) is 23.4 Å². The van der Waals surface area contributed by atoms with Gasteiger partial charge in [0.2, 0.25) is 21.9 Å². The zero-order valence-electron chi connectivity index (χ0n) is 19.3. The van der Waals surface area contributed by atoms with Crippen LogP contribution in [0.3, 0.4) is 0 Å². The molecular formula is C21H23ClN8O4S. The lowest BCUT2D eigenvalue weighted by molar-refractivity contribution is 0.354. The molecule has 0 amide bonds. The van der Waals surface area contributed by atoms with Crippen LogP contribution < -0.4 is 9.46 Å². The maximum atomic E-state index is 13.3. The van der Waals surface area contributed by atoms with Crippen molar-refractivity contribution >= 4 is 27.6 Å². The SMILES string of the molecule is COc1cccc(-c2nnc(NS(=O)(=O)C(C)C(C)c3ncc(Cl)cn3)n2C(C)c2ccno2)n1. The van der Waals surface area contributed by atoms with Gasteiger partial charge in [0.15, 0.2) is 11.6 Å². The van der Waals surface area contributed by atoms with Crippen LogP contribution in [0.1, 0.15) is 44.3 Å². The van der Waals surface area contributed by atoms with Crippen LogP contribution in [0.5, 0.6) is 5.88 Å². The summed E-state index contributed by atoms with van der Waals surface area (Å²) in [6, 6.07) is 6.32. The maximum Gasteiger partial charge on any atom is 0.239 e. The van der Waals surface area contributed by atoms with Crippen molar-refractivity contribution in [3.8, 4) is 17.4 Å². The van der Waals surface area contributed by atoms with Gasteiger partial charge in [0.05, 0.1) is 29.6 Å². The van der Waals surface area contributed by atoms with Crippen molar-refractivity contribution in [1.82, 2.24) is 34.9 Å². The molecule has 0 saturated heterocycles. The van der Waals surface area contributed by atoms with Gasteiger partial charge in [-0.3, -0.25) is 9.29 Å². The first-order valence-corrected chi connectivity index (χ1v) is 12.5. The Balaban J connectivity index is 1.72. The Hall–Kier alpha value is -3.58. The summed E-state index contributed by atoms with van der Waals surface area (Å²) in [5.74, 6) is 0.969. The molecule has 0 radical (unpaired) electrons. The Labute approximate surface area is 206 Å². The second kappa shape index (κ2) is 9.96. The molecule has 4 rings (SSSR count). The van der Waals surface area contributed by atoms with Crippen LogP contribution in [0.4, 0.5) is 5.95 Å². The van der Waals surface area contributed by atoms with Gasteiger partial charge in [0.1, 0.15) is 11.5 Å². The minimum absolute atomic E-state index is 0.00963. The minimum Gasteiger partial charge on any atom is -0.481 e. The summed E-state index contributed by atoms with van der Waals surface area (Å²) in [4.78, 5) is 12.7. The molecule has 0 bridgehead atoms. The number of anilines is 1. The van der Waals surface area contributed by atoms with Gasteiger partial charge in [0, 0.05) is 30.4 Å². The molecule has 0 aliphatic carbocycles. The first-order chi connectivity index (χ1) is 16.7. The van der Waals surface area contributed by atoms with E-state index in [1.807, 2.05) is 0 Å². The smallest absolute Gasteiger partial charge is 0.239 e. The van der Waals surface area contributed by atoms with Gasteiger partial charge in [0.25, 0.3) is 0 Å². The monoisotopic (exact) mass is 518 g/mol. The van der Waals surface area contributed by atoms with E-state index in [-0.39, 0.29) is 5.95 Å². The summed E-state index contributed by atoms with van der Waals surface area (Å²) in [6.07, 6.45) is 4.35. The molecule has 35 heavy (non-hydrogen) atoms. The number of halogens is 1. The van der Waals surface area contributed by atoms with E-state index in [9.17, 15) is 8.42 Å². The van der Waals surface area contributed by atoms with E-state index in [2.05, 4.69) is 35.0 Å². The zero-order chi connectivity index (χ0) is 25.2. The van der Waals surface area contributed by atoms with E-state index >= 15 is 0 Å². The van der Waals surface area contributed by atoms with Gasteiger partial charge in [-0.1, -0.05) is 29.7 Å². The molecule has 4 aromatic heterocycles. The summed E-state index contributed by atoms with van der Waals surface area (Å²) >= 11 is 5.86. The molecule has 4 aromatic rings. The van der Waals surface area contributed by atoms with Crippen LogP contribution in [0.15, 0.2) is 47.4 Å². The molecule has 0 fully saturated rings. The van der Waals surface area contributed by atoms with E-state index in [4.69, 9.17) is 20.9 Å². The predicted octanol–water partition coefficient (Wildman–Crippen LogP) is 3.32.